The normalized spacial score (nSPS) is 11.4. The molecule has 0 saturated carbocycles. The lowest BCUT2D eigenvalue weighted by Crippen LogP contribution is -2.16. The van der Waals surface area contributed by atoms with Crippen LogP contribution >= 0.6 is 23.2 Å². The van der Waals surface area contributed by atoms with E-state index in [0.717, 1.165) is 0 Å². The molecule has 0 fully saturated rings. The van der Waals surface area contributed by atoms with Crippen LogP contribution in [0.25, 0.3) is 11.1 Å². The topological polar surface area (TPSA) is 22.1 Å². The molecule has 0 aliphatic carbocycles. The van der Waals surface area contributed by atoms with E-state index in [1.54, 1.807) is 6.07 Å². The molecule has 1 heterocycles. The van der Waals surface area contributed by atoms with Gasteiger partial charge in [0.25, 0.3) is 0 Å². The largest absolute Gasteiger partial charge is 0.573 e. The Balaban J connectivity index is 2.30. The molecular weight excluding hydrogens is 302 g/mol. The van der Waals surface area contributed by atoms with Crippen molar-refractivity contribution >= 4 is 23.2 Å². The fourth-order valence-corrected chi connectivity index (χ4v) is 1.86. The van der Waals surface area contributed by atoms with Gasteiger partial charge in [0, 0.05) is 11.8 Å². The summed E-state index contributed by atoms with van der Waals surface area (Å²) >= 11 is 11.7. The minimum atomic E-state index is -4.71. The monoisotopic (exact) mass is 307 g/mol. The van der Waals surface area contributed by atoms with Crippen molar-refractivity contribution in [3.63, 3.8) is 0 Å². The van der Waals surface area contributed by atoms with E-state index in [0.29, 0.717) is 11.1 Å². The number of ether oxygens (including phenoxy) is 1. The molecule has 1 aromatic heterocycles. The van der Waals surface area contributed by atoms with Crippen LogP contribution < -0.4 is 4.74 Å². The molecule has 0 spiro atoms. The summed E-state index contributed by atoms with van der Waals surface area (Å²) in [6.07, 6.45) is -3.25. The molecule has 0 aliphatic rings. The van der Waals surface area contributed by atoms with Crippen molar-refractivity contribution in [2.75, 3.05) is 0 Å². The molecule has 0 saturated heterocycles. The SMILES string of the molecule is FC(F)(F)Oc1ccc(-c2ccnc(Cl)c2Cl)cc1. The average Bonchev–Trinajstić information content (AvgIpc) is 2.32. The second-order valence-corrected chi connectivity index (χ2v) is 4.27. The van der Waals surface area contributed by atoms with Crippen LogP contribution in [-0.4, -0.2) is 11.3 Å². The number of aromatic nitrogens is 1. The molecule has 2 aromatic rings. The first-order valence-corrected chi connectivity index (χ1v) is 5.78. The van der Waals surface area contributed by atoms with Gasteiger partial charge in [0.15, 0.2) is 0 Å². The number of benzene rings is 1. The molecule has 0 N–H and O–H groups in total. The van der Waals surface area contributed by atoms with Gasteiger partial charge in [-0.15, -0.1) is 13.2 Å². The van der Waals surface area contributed by atoms with Crippen LogP contribution in [0.4, 0.5) is 13.2 Å². The van der Waals surface area contributed by atoms with Crippen LogP contribution in [0.3, 0.4) is 0 Å². The van der Waals surface area contributed by atoms with Crippen LogP contribution in [0.1, 0.15) is 0 Å². The maximum atomic E-state index is 12.0. The number of alkyl halides is 3. The van der Waals surface area contributed by atoms with E-state index in [1.165, 1.54) is 30.5 Å². The van der Waals surface area contributed by atoms with Gasteiger partial charge in [0.1, 0.15) is 10.9 Å². The Kier molecular flexibility index (Phi) is 3.87. The minimum absolute atomic E-state index is 0.134. The third-order valence-corrected chi connectivity index (χ3v) is 3.01. The first-order chi connectivity index (χ1) is 8.87. The summed E-state index contributed by atoms with van der Waals surface area (Å²) in [6, 6.07) is 6.94. The molecule has 7 heteroatoms. The van der Waals surface area contributed by atoms with Gasteiger partial charge in [0.05, 0.1) is 5.02 Å². The molecule has 100 valence electrons. The van der Waals surface area contributed by atoms with E-state index in [9.17, 15) is 13.2 Å². The van der Waals surface area contributed by atoms with Crippen LogP contribution in [0.2, 0.25) is 10.2 Å². The van der Waals surface area contributed by atoms with Crippen LogP contribution in [-0.2, 0) is 0 Å². The zero-order valence-corrected chi connectivity index (χ0v) is 10.7. The number of rotatable bonds is 2. The van der Waals surface area contributed by atoms with Gasteiger partial charge in [-0.25, -0.2) is 4.98 Å². The van der Waals surface area contributed by atoms with Gasteiger partial charge in [-0.2, -0.15) is 0 Å². The Hall–Kier alpha value is -1.46. The Morgan fingerprint density at radius 2 is 1.63 bits per heavy atom. The highest BCUT2D eigenvalue weighted by Crippen LogP contribution is 2.33. The van der Waals surface area contributed by atoms with Gasteiger partial charge in [-0.05, 0) is 23.8 Å². The summed E-state index contributed by atoms with van der Waals surface area (Å²) in [4.78, 5) is 3.79. The summed E-state index contributed by atoms with van der Waals surface area (Å²) < 4.78 is 39.8. The highest BCUT2D eigenvalue weighted by molar-refractivity contribution is 6.42. The number of halogens is 5. The van der Waals surface area contributed by atoms with Gasteiger partial charge in [-0.3, -0.25) is 0 Å². The third kappa shape index (κ3) is 3.52. The summed E-state index contributed by atoms with van der Waals surface area (Å²) in [5.74, 6) is -0.299. The maximum absolute atomic E-state index is 12.0. The lowest BCUT2D eigenvalue weighted by molar-refractivity contribution is -0.274. The van der Waals surface area contributed by atoms with Crippen molar-refractivity contribution in [2.24, 2.45) is 0 Å². The Morgan fingerprint density at radius 3 is 2.21 bits per heavy atom. The summed E-state index contributed by atoms with van der Waals surface area (Å²) in [5.41, 5.74) is 1.20. The van der Waals surface area contributed by atoms with Gasteiger partial charge >= 0.3 is 6.36 Å². The van der Waals surface area contributed by atoms with Crippen molar-refractivity contribution in [3.05, 3.63) is 46.7 Å². The molecule has 19 heavy (non-hydrogen) atoms. The zero-order valence-electron chi connectivity index (χ0n) is 9.21. The molecule has 0 bridgehead atoms. The number of hydrogen-bond donors (Lipinski definition) is 0. The predicted octanol–water partition coefficient (Wildman–Crippen LogP) is 4.95. The number of pyridine rings is 1. The molecule has 2 nitrogen and oxygen atoms in total. The molecule has 0 aliphatic heterocycles. The number of hydrogen-bond acceptors (Lipinski definition) is 2. The molecule has 1 aromatic carbocycles. The van der Waals surface area contributed by atoms with Gasteiger partial charge in [0.2, 0.25) is 0 Å². The molecule has 0 atom stereocenters. The summed E-state index contributed by atoms with van der Waals surface area (Å²) in [7, 11) is 0. The molecule has 2 rings (SSSR count). The third-order valence-electron chi connectivity index (χ3n) is 2.25. The quantitative estimate of drug-likeness (QED) is 0.732. The maximum Gasteiger partial charge on any atom is 0.573 e. The van der Waals surface area contributed by atoms with E-state index in [4.69, 9.17) is 23.2 Å². The summed E-state index contributed by atoms with van der Waals surface area (Å²) in [6.45, 7) is 0. The van der Waals surface area contributed by atoms with Crippen molar-refractivity contribution < 1.29 is 17.9 Å². The van der Waals surface area contributed by atoms with E-state index in [-0.39, 0.29) is 15.9 Å². The fourth-order valence-electron chi connectivity index (χ4n) is 1.48. The lowest BCUT2D eigenvalue weighted by Gasteiger charge is -2.10. The predicted molar refractivity (Wildman–Crippen MR) is 66.4 cm³/mol. The molecule has 0 radical (unpaired) electrons. The Bertz CT molecular complexity index is 585. The lowest BCUT2D eigenvalue weighted by atomic mass is 10.1. The van der Waals surface area contributed by atoms with E-state index in [1.807, 2.05) is 0 Å². The highest BCUT2D eigenvalue weighted by atomic mass is 35.5. The average molecular weight is 308 g/mol. The first kappa shape index (κ1) is 14.0. The smallest absolute Gasteiger partial charge is 0.406 e. The van der Waals surface area contributed by atoms with E-state index in [2.05, 4.69) is 9.72 Å². The summed E-state index contributed by atoms with van der Waals surface area (Å²) in [5, 5.41) is 0.378. The van der Waals surface area contributed by atoms with E-state index >= 15 is 0 Å². The zero-order chi connectivity index (χ0) is 14.0. The Morgan fingerprint density at radius 1 is 1.00 bits per heavy atom. The number of nitrogens with zero attached hydrogens (tertiary/aromatic N) is 1. The van der Waals surface area contributed by atoms with Crippen molar-refractivity contribution in [2.45, 2.75) is 6.36 Å². The molecule has 0 amide bonds. The van der Waals surface area contributed by atoms with Crippen LogP contribution in [0.5, 0.6) is 5.75 Å². The molecular formula is C12H6Cl2F3NO. The van der Waals surface area contributed by atoms with Crippen molar-refractivity contribution in [3.8, 4) is 16.9 Å². The molecule has 0 unspecified atom stereocenters. The van der Waals surface area contributed by atoms with Crippen molar-refractivity contribution in [1.29, 1.82) is 0 Å². The van der Waals surface area contributed by atoms with Gasteiger partial charge < -0.3 is 4.74 Å². The second kappa shape index (κ2) is 5.27. The second-order valence-electron chi connectivity index (χ2n) is 3.54. The van der Waals surface area contributed by atoms with Crippen LogP contribution in [0, 0.1) is 0 Å². The fraction of sp³-hybridized carbons (Fsp3) is 0.0833. The van der Waals surface area contributed by atoms with Gasteiger partial charge in [-0.1, -0.05) is 35.3 Å². The van der Waals surface area contributed by atoms with E-state index < -0.39 is 6.36 Å². The Labute approximate surface area is 116 Å². The standard InChI is InChI=1S/C12H6Cl2F3NO/c13-10-9(5-6-18-11(10)14)7-1-3-8(4-2-7)19-12(15,16)17/h1-6H. The highest BCUT2D eigenvalue weighted by Gasteiger charge is 2.30. The first-order valence-electron chi connectivity index (χ1n) is 5.03. The minimum Gasteiger partial charge on any atom is -0.406 e. The van der Waals surface area contributed by atoms with Crippen LogP contribution in [0.15, 0.2) is 36.5 Å². The van der Waals surface area contributed by atoms with Crippen molar-refractivity contribution in [1.82, 2.24) is 4.98 Å².